The summed E-state index contributed by atoms with van der Waals surface area (Å²) >= 11 is -2.01. The van der Waals surface area contributed by atoms with Gasteiger partial charge in [-0.25, -0.2) is 0 Å². The summed E-state index contributed by atoms with van der Waals surface area (Å²) in [6, 6.07) is 0. The van der Waals surface area contributed by atoms with Crippen molar-refractivity contribution in [3.05, 3.63) is 22.3 Å². The van der Waals surface area contributed by atoms with Crippen molar-refractivity contribution in [1.29, 1.82) is 0 Å². The molecule has 0 heterocycles. The van der Waals surface area contributed by atoms with Gasteiger partial charge in [0.25, 0.3) is 0 Å². The second-order valence-corrected chi connectivity index (χ2v) is 19.4. The number of hydrogen-bond donors (Lipinski definition) is 0. The quantitative estimate of drug-likeness (QED) is 0.231. The van der Waals surface area contributed by atoms with Crippen LogP contribution >= 0.6 is 0 Å². The molecule has 0 nitrogen and oxygen atoms in total. The van der Waals surface area contributed by atoms with Crippen molar-refractivity contribution in [2.24, 2.45) is 0 Å². The van der Waals surface area contributed by atoms with Gasteiger partial charge in [-0.2, -0.15) is 0 Å². The molecule has 0 atom stereocenters. The van der Waals surface area contributed by atoms with Crippen LogP contribution in [0.1, 0.15) is 79.1 Å². The Morgan fingerprint density at radius 3 is 1.70 bits per heavy atom. The fourth-order valence-corrected chi connectivity index (χ4v) is 18.9. The van der Waals surface area contributed by atoms with Crippen LogP contribution in [0.25, 0.3) is 0 Å². The van der Waals surface area contributed by atoms with Gasteiger partial charge in [0.1, 0.15) is 0 Å². The van der Waals surface area contributed by atoms with Gasteiger partial charge >= 0.3 is 133 Å². The first kappa shape index (κ1) is 20.3. The second-order valence-electron chi connectivity index (χ2n) is 6.49. The zero-order chi connectivity index (χ0) is 15.3. The van der Waals surface area contributed by atoms with Crippen molar-refractivity contribution >= 4 is 18.4 Å². The third-order valence-electron chi connectivity index (χ3n) is 4.38. The zero-order valence-corrected chi connectivity index (χ0v) is 17.5. The van der Waals surface area contributed by atoms with E-state index in [4.69, 9.17) is 0 Å². The summed E-state index contributed by atoms with van der Waals surface area (Å²) in [4.78, 5) is 0. The van der Waals surface area contributed by atoms with Crippen LogP contribution in [0.5, 0.6) is 0 Å². The van der Waals surface area contributed by atoms with E-state index >= 15 is 0 Å². The molecule has 1 heteroatoms. The molecule has 0 spiro atoms. The number of unbranched alkanes of at least 4 members (excludes halogenated alkanes) is 3. The van der Waals surface area contributed by atoms with Gasteiger partial charge in [0.15, 0.2) is 0 Å². The van der Waals surface area contributed by atoms with Gasteiger partial charge in [-0.1, -0.05) is 0 Å². The molecule has 0 rings (SSSR count). The second kappa shape index (κ2) is 13.0. The molecule has 0 aliphatic carbocycles. The van der Waals surface area contributed by atoms with Crippen molar-refractivity contribution in [3.8, 4) is 0 Å². The molecular weight excluding hydrogens is 347 g/mol. The molecule has 0 aromatic carbocycles. The van der Waals surface area contributed by atoms with E-state index in [0.29, 0.717) is 0 Å². The Kier molecular flexibility index (Phi) is 13.2. The van der Waals surface area contributed by atoms with E-state index in [1.54, 1.807) is 18.9 Å². The van der Waals surface area contributed by atoms with Crippen LogP contribution in [0.2, 0.25) is 13.3 Å². The van der Waals surface area contributed by atoms with Crippen molar-refractivity contribution in [3.63, 3.8) is 0 Å². The predicted molar refractivity (Wildman–Crippen MR) is 98.1 cm³/mol. The number of allylic oxidation sites excluding steroid dienone is 2. The van der Waals surface area contributed by atoms with E-state index in [1.807, 2.05) is 0 Å². The fourth-order valence-electron chi connectivity index (χ4n) is 3.10. The molecule has 0 bridgehead atoms. The van der Waals surface area contributed by atoms with Crippen molar-refractivity contribution in [2.75, 3.05) is 0 Å². The van der Waals surface area contributed by atoms with E-state index in [0.717, 1.165) is 6.42 Å². The topological polar surface area (TPSA) is 0 Å². The van der Waals surface area contributed by atoms with E-state index in [1.165, 1.54) is 44.9 Å². The molecule has 0 fully saturated rings. The van der Waals surface area contributed by atoms with Crippen LogP contribution in [0.3, 0.4) is 0 Å². The van der Waals surface area contributed by atoms with Gasteiger partial charge in [0.05, 0.1) is 0 Å². The first-order chi connectivity index (χ1) is 9.64. The molecule has 0 aliphatic rings. The Morgan fingerprint density at radius 1 is 0.900 bits per heavy atom. The maximum atomic E-state index is 3.87. The van der Waals surface area contributed by atoms with Crippen LogP contribution in [0.15, 0.2) is 22.3 Å². The zero-order valence-electron chi connectivity index (χ0n) is 14.6. The Bertz CT molecular complexity index is 243. The summed E-state index contributed by atoms with van der Waals surface area (Å²) in [7, 11) is 0. The minimum atomic E-state index is -2.01. The van der Waals surface area contributed by atoms with Crippen LogP contribution in [0.4, 0.5) is 0 Å². The third-order valence-corrected chi connectivity index (χ3v) is 19.1. The third kappa shape index (κ3) is 9.26. The summed E-state index contributed by atoms with van der Waals surface area (Å²) in [6.07, 6.45) is 13.0. The first-order valence-electron chi connectivity index (χ1n) is 8.93. The molecule has 0 amide bonds. The Balaban J connectivity index is 4.94. The van der Waals surface area contributed by atoms with Crippen molar-refractivity contribution < 1.29 is 0 Å². The molecule has 0 saturated carbocycles. The summed E-state index contributed by atoms with van der Waals surface area (Å²) < 4.78 is 7.64. The van der Waals surface area contributed by atoms with Gasteiger partial charge in [-0.15, -0.1) is 0 Å². The Labute approximate surface area is 133 Å². The summed E-state index contributed by atoms with van der Waals surface area (Å²) in [5.41, 5.74) is 1.67. The van der Waals surface area contributed by atoms with Crippen LogP contribution in [0, 0.1) is 0 Å². The number of hydrogen-bond acceptors (Lipinski definition) is 0. The van der Waals surface area contributed by atoms with E-state index in [9.17, 15) is 0 Å². The molecular formula is C19H38Sn. The minimum absolute atomic E-state index is 1.15. The number of rotatable bonds is 13. The van der Waals surface area contributed by atoms with Crippen molar-refractivity contribution in [2.45, 2.75) is 92.4 Å². The Hall–Kier alpha value is 0.279. The van der Waals surface area contributed by atoms with Crippen LogP contribution in [-0.2, 0) is 0 Å². The maximum absolute atomic E-state index is 3.87. The van der Waals surface area contributed by atoms with Gasteiger partial charge in [0.2, 0.25) is 0 Å². The van der Waals surface area contributed by atoms with E-state index in [2.05, 4.69) is 44.4 Å². The monoisotopic (exact) mass is 386 g/mol. The van der Waals surface area contributed by atoms with E-state index in [-0.39, 0.29) is 0 Å². The Morgan fingerprint density at radius 2 is 1.35 bits per heavy atom. The molecule has 0 N–H and O–H groups in total. The first-order valence-corrected chi connectivity index (χ1v) is 16.6. The van der Waals surface area contributed by atoms with Crippen LogP contribution in [-0.4, -0.2) is 18.4 Å². The summed E-state index contributed by atoms with van der Waals surface area (Å²) in [5, 5.41) is 0. The fraction of sp³-hybridized carbons (Fsp3) is 0.789. The molecule has 0 saturated heterocycles. The molecule has 20 heavy (non-hydrogen) atoms. The molecule has 0 aromatic heterocycles. The molecule has 0 radical (unpaired) electrons. The standard InChI is InChI=1S/C7H11.3C4H9.Sn/c1-4-5-6-7(2)3;3*1-3-4-2;/h2,4H,1,5-6H2,3H3;3*1,3-4H2,2H3;. The molecule has 118 valence electrons. The van der Waals surface area contributed by atoms with Crippen molar-refractivity contribution in [1.82, 2.24) is 0 Å². The van der Waals surface area contributed by atoms with E-state index < -0.39 is 18.4 Å². The van der Waals surface area contributed by atoms with Gasteiger partial charge in [-0.05, 0) is 0 Å². The average Bonchev–Trinajstić information content (AvgIpc) is 2.46. The van der Waals surface area contributed by atoms with Gasteiger partial charge in [0, 0.05) is 0 Å². The SMILES string of the molecule is C=CCC/C(C)=[CH]/[Sn]([CH2]CCC)([CH2]CCC)[CH2]CCC. The normalized spacial score (nSPS) is 12.7. The van der Waals surface area contributed by atoms with Gasteiger partial charge < -0.3 is 0 Å². The average molecular weight is 385 g/mol. The summed E-state index contributed by atoms with van der Waals surface area (Å²) in [5.74, 6) is 0. The summed E-state index contributed by atoms with van der Waals surface area (Å²) in [6.45, 7) is 13.3. The molecule has 0 aromatic rings. The molecule has 0 unspecified atom stereocenters. The van der Waals surface area contributed by atoms with Gasteiger partial charge in [-0.3, -0.25) is 0 Å². The predicted octanol–water partition coefficient (Wildman–Crippen LogP) is 7.29. The molecule has 0 aliphatic heterocycles. The van der Waals surface area contributed by atoms with Crippen LogP contribution < -0.4 is 0 Å².